The molecule has 0 saturated heterocycles. The summed E-state index contributed by atoms with van der Waals surface area (Å²) < 4.78 is 0. The Morgan fingerprint density at radius 3 is 1.90 bits per heavy atom. The first-order valence-corrected chi connectivity index (χ1v) is 6.93. The lowest BCUT2D eigenvalue weighted by atomic mass is 10.1. The van der Waals surface area contributed by atoms with Gasteiger partial charge in [-0.1, -0.05) is 58.0 Å². The number of aliphatic hydroxyl groups is 1. The van der Waals surface area contributed by atoms with Gasteiger partial charge in [0.2, 0.25) is 0 Å². The molecule has 0 saturated carbocycles. The van der Waals surface area contributed by atoms with Crippen molar-refractivity contribution in [3.63, 3.8) is 0 Å². The molecule has 1 rings (SSSR count). The van der Waals surface area contributed by atoms with Gasteiger partial charge in [-0.25, -0.2) is 4.79 Å². The van der Waals surface area contributed by atoms with Crippen LogP contribution < -0.4 is 0 Å². The fourth-order valence-corrected chi connectivity index (χ4v) is 2.06. The lowest BCUT2D eigenvalue weighted by molar-refractivity contribution is -0.146. The third-order valence-electron chi connectivity index (χ3n) is 2.18. The second kappa shape index (κ2) is 7.38. The maximum atomic E-state index is 11.2. The molecule has 0 fully saturated rings. The molecule has 0 heterocycles. The van der Waals surface area contributed by atoms with Crippen molar-refractivity contribution in [1.82, 2.24) is 0 Å². The molecule has 0 aliphatic rings. The van der Waals surface area contributed by atoms with E-state index < -0.39 is 32.6 Å². The Bertz CT molecular complexity index is 678. The summed E-state index contributed by atoms with van der Waals surface area (Å²) in [4.78, 5) is 21.7. The van der Waals surface area contributed by atoms with Gasteiger partial charge in [0.05, 0.1) is 15.1 Å². The molecule has 0 atom stereocenters. The van der Waals surface area contributed by atoms with E-state index in [2.05, 4.69) is 0 Å². The number of aliphatic carboxylic acids is 1. The number of hydrogen-bond donors (Lipinski definition) is 2. The number of hydrogen-bond acceptors (Lipinski definition) is 3. The molecule has 9 heteroatoms. The molecule has 0 spiro atoms. The Morgan fingerprint density at radius 1 is 0.857 bits per heavy atom. The molecular weight excluding hydrogens is 385 g/mol. The van der Waals surface area contributed by atoms with E-state index >= 15 is 0 Å². The molecule has 0 aliphatic carbocycles. The number of Topliss-reactive ketones (excluding diaryl/α,β-unsaturated/α-hetero) is 1. The first-order valence-electron chi connectivity index (χ1n) is 5.04. The molecule has 0 amide bonds. The van der Waals surface area contributed by atoms with E-state index in [9.17, 15) is 14.7 Å². The van der Waals surface area contributed by atoms with E-state index in [0.717, 1.165) is 0 Å². The zero-order valence-corrected chi connectivity index (χ0v) is 13.6. The predicted molar refractivity (Wildman–Crippen MR) is 83.2 cm³/mol. The van der Waals surface area contributed by atoms with Crippen molar-refractivity contribution in [1.29, 1.82) is 0 Å². The van der Waals surface area contributed by atoms with Gasteiger partial charge in [0.25, 0.3) is 5.78 Å². The monoisotopic (exact) mass is 388 g/mol. The van der Waals surface area contributed by atoms with Crippen LogP contribution in [0.3, 0.4) is 0 Å². The predicted octanol–water partition coefficient (Wildman–Crippen LogP) is 4.80. The highest BCUT2D eigenvalue weighted by Crippen LogP contribution is 2.33. The van der Waals surface area contributed by atoms with E-state index in [1.165, 1.54) is 18.2 Å². The third kappa shape index (κ3) is 4.28. The van der Waals surface area contributed by atoms with Crippen molar-refractivity contribution in [3.05, 3.63) is 48.9 Å². The highest BCUT2D eigenvalue weighted by Gasteiger charge is 2.22. The van der Waals surface area contributed by atoms with E-state index in [1.807, 2.05) is 0 Å². The summed E-state index contributed by atoms with van der Waals surface area (Å²) >= 11 is 28.5. The number of benzene rings is 1. The van der Waals surface area contributed by atoms with Gasteiger partial charge in [0.15, 0.2) is 0 Å². The second-order valence-electron chi connectivity index (χ2n) is 3.55. The standard InChI is InChI=1S/C12H5Cl5O4/c13-5-2-1-4(3-6(5)14)10(18)8(16)7(15)9(17)11(19)12(20)21/h1-3,18H,(H,20,21)/b9-7+,10-8+. The quantitative estimate of drug-likeness (QED) is 0.335. The van der Waals surface area contributed by atoms with Crippen LogP contribution in [0.15, 0.2) is 33.3 Å². The van der Waals surface area contributed by atoms with Crippen LogP contribution in [0.1, 0.15) is 5.56 Å². The van der Waals surface area contributed by atoms with Crippen molar-refractivity contribution < 1.29 is 19.8 Å². The number of carbonyl (C=O) groups excluding carboxylic acids is 1. The highest BCUT2D eigenvalue weighted by molar-refractivity contribution is 6.61. The van der Waals surface area contributed by atoms with Crippen molar-refractivity contribution >= 4 is 75.5 Å². The first kappa shape index (κ1) is 18.1. The van der Waals surface area contributed by atoms with Crippen LogP contribution in [-0.4, -0.2) is 22.0 Å². The average molecular weight is 390 g/mol. The van der Waals surface area contributed by atoms with Gasteiger partial charge in [0.1, 0.15) is 15.8 Å². The van der Waals surface area contributed by atoms with Crippen molar-refractivity contribution in [2.24, 2.45) is 0 Å². The van der Waals surface area contributed by atoms with Gasteiger partial charge in [-0.2, -0.15) is 0 Å². The first-order chi connectivity index (χ1) is 9.66. The SMILES string of the molecule is O=C(O)C(=O)/C(Cl)=C(Cl)/C(Cl)=C(\O)c1ccc(Cl)c(Cl)c1. The minimum absolute atomic E-state index is 0.151. The van der Waals surface area contributed by atoms with Crippen LogP contribution in [0.4, 0.5) is 0 Å². The summed E-state index contributed by atoms with van der Waals surface area (Å²) in [6, 6.07) is 4.10. The molecule has 112 valence electrons. The van der Waals surface area contributed by atoms with Crippen LogP contribution >= 0.6 is 58.0 Å². The normalized spacial score (nSPS) is 13.4. The molecule has 0 radical (unpaired) electrons. The summed E-state index contributed by atoms with van der Waals surface area (Å²) in [6.07, 6.45) is 0. The molecular formula is C12H5Cl5O4. The summed E-state index contributed by atoms with van der Waals surface area (Å²) in [5.41, 5.74) is 0.153. The maximum Gasteiger partial charge on any atom is 0.378 e. The number of ketones is 1. The molecule has 2 N–H and O–H groups in total. The molecule has 1 aromatic carbocycles. The number of allylic oxidation sites excluding steroid dienone is 2. The summed E-state index contributed by atoms with van der Waals surface area (Å²) in [6.45, 7) is 0. The van der Waals surface area contributed by atoms with Gasteiger partial charge in [-0.05, 0) is 18.2 Å². The minimum Gasteiger partial charge on any atom is -0.506 e. The molecule has 0 unspecified atom stereocenters. The highest BCUT2D eigenvalue weighted by atomic mass is 35.5. The van der Waals surface area contributed by atoms with Gasteiger partial charge in [-0.15, -0.1) is 0 Å². The Kier molecular flexibility index (Phi) is 6.38. The van der Waals surface area contributed by atoms with E-state index in [1.54, 1.807) is 0 Å². The van der Waals surface area contributed by atoms with E-state index in [-0.39, 0.29) is 15.6 Å². The fourth-order valence-electron chi connectivity index (χ4n) is 1.16. The summed E-state index contributed by atoms with van der Waals surface area (Å²) in [5, 5.41) is 16.9. The molecule has 0 bridgehead atoms. The minimum atomic E-state index is -1.81. The summed E-state index contributed by atoms with van der Waals surface area (Å²) in [5.74, 6) is -3.81. The lowest BCUT2D eigenvalue weighted by Gasteiger charge is -2.06. The Labute approximate surface area is 144 Å². The second-order valence-corrected chi connectivity index (χ2v) is 5.50. The molecule has 0 aliphatic heterocycles. The molecule has 21 heavy (non-hydrogen) atoms. The van der Waals surface area contributed by atoms with Crippen molar-refractivity contribution in [2.45, 2.75) is 0 Å². The fraction of sp³-hybridized carbons (Fsp3) is 0. The zero-order chi connectivity index (χ0) is 16.3. The van der Waals surface area contributed by atoms with Gasteiger partial charge in [0, 0.05) is 5.56 Å². The topological polar surface area (TPSA) is 74.6 Å². The van der Waals surface area contributed by atoms with E-state index in [4.69, 9.17) is 63.1 Å². The number of carboxylic acid groups (broad SMARTS) is 1. The number of rotatable bonds is 4. The van der Waals surface area contributed by atoms with Crippen LogP contribution in [0.5, 0.6) is 0 Å². The van der Waals surface area contributed by atoms with Crippen LogP contribution in [0, 0.1) is 0 Å². The van der Waals surface area contributed by atoms with Crippen LogP contribution in [0.25, 0.3) is 5.76 Å². The molecule has 0 aromatic heterocycles. The number of aliphatic hydroxyl groups excluding tert-OH is 1. The van der Waals surface area contributed by atoms with Crippen molar-refractivity contribution in [2.75, 3.05) is 0 Å². The summed E-state index contributed by atoms with van der Waals surface area (Å²) in [7, 11) is 0. The number of carbonyl (C=O) groups is 2. The smallest absolute Gasteiger partial charge is 0.378 e. The van der Waals surface area contributed by atoms with E-state index in [0.29, 0.717) is 0 Å². The molecule has 4 nitrogen and oxygen atoms in total. The van der Waals surface area contributed by atoms with Crippen LogP contribution in [0.2, 0.25) is 10.0 Å². The van der Waals surface area contributed by atoms with Gasteiger partial charge >= 0.3 is 5.97 Å². The lowest BCUT2D eigenvalue weighted by Crippen LogP contribution is -2.13. The third-order valence-corrected chi connectivity index (χ3v) is 4.22. The van der Waals surface area contributed by atoms with Gasteiger partial charge < -0.3 is 10.2 Å². The number of carboxylic acids is 1. The number of halogens is 5. The zero-order valence-electron chi connectivity index (χ0n) is 9.83. The largest absolute Gasteiger partial charge is 0.506 e. The Hall–Kier alpha value is -0.910. The molecule has 1 aromatic rings. The Morgan fingerprint density at radius 2 is 1.43 bits per heavy atom. The maximum absolute atomic E-state index is 11.2. The average Bonchev–Trinajstić information content (AvgIpc) is 2.46. The van der Waals surface area contributed by atoms with Crippen LogP contribution in [-0.2, 0) is 9.59 Å². The van der Waals surface area contributed by atoms with Gasteiger partial charge in [-0.3, -0.25) is 4.79 Å². The Balaban J connectivity index is 3.34. The van der Waals surface area contributed by atoms with Crippen molar-refractivity contribution in [3.8, 4) is 0 Å².